The Kier molecular flexibility index (Phi) is 3.39. The summed E-state index contributed by atoms with van der Waals surface area (Å²) in [5.74, 6) is 0.362. The average Bonchev–Trinajstić information content (AvgIpc) is 2.11. The molecule has 72 valence electrons. The van der Waals surface area contributed by atoms with Crippen LogP contribution in [-0.2, 0) is 6.42 Å². The molecule has 1 aromatic rings. The van der Waals surface area contributed by atoms with Crippen molar-refractivity contribution in [1.82, 2.24) is 0 Å². The Morgan fingerprint density at radius 1 is 1.54 bits per heavy atom. The fourth-order valence-electron chi connectivity index (χ4n) is 1.13. The number of halogens is 1. The predicted octanol–water partition coefficient (Wildman–Crippen LogP) is 1.56. The normalized spacial score (nSPS) is 10.1. The predicted molar refractivity (Wildman–Crippen MR) is 52.4 cm³/mol. The third kappa shape index (κ3) is 2.05. The van der Waals surface area contributed by atoms with Gasteiger partial charge in [0.05, 0.1) is 12.1 Å². The SMILES string of the molecule is COc1c(O)ccc(CCN)c1Cl. The maximum Gasteiger partial charge on any atom is 0.179 e. The highest BCUT2D eigenvalue weighted by molar-refractivity contribution is 6.33. The molecule has 0 aliphatic rings. The Hall–Kier alpha value is -0.930. The van der Waals surface area contributed by atoms with Crippen molar-refractivity contribution in [2.24, 2.45) is 5.73 Å². The average molecular weight is 202 g/mol. The molecule has 0 saturated heterocycles. The molecule has 4 heteroatoms. The van der Waals surface area contributed by atoms with Crippen molar-refractivity contribution < 1.29 is 9.84 Å². The summed E-state index contributed by atoms with van der Waals surface area (Å²) in [4.78, 5) is 0. The fourth-order valence-corrected chi connectivity index (χ4v) is 1.46. The molecule has 0 radical (unpaired) electrons. The molecule has 0 bridgehead atoms. The van der Waals surface area contributed by atoms with E-state index in [0.29, 0.717) is 23.7 Å². The van der Waals surface area contributed by atoms with Gasteiger partial charge in [0.25, 0.3) is 0 Å². The standard InChI is InChI=1S/C9H12ClNO2/c1-13-9-7(12)3-2-6(4-5-11)8(9)10/h2-3,12H,4-5,11H2,1H3. The van der Waals surface area contributed by atoms with Crippen LogP contribution in [0.2, 0.25) is 5.02 Å². The van der Waals surface area contributed by atoms with E-state index in [2.05, 4.69) is 0 Å². The monoisotopic (exact) mass is 201 g/mol. The second kappa shape index (κ2) is 4.35. The van der Waals surface area contributed by atoms with Gasteiger partial charge < -0.3 is 15.6 Å². The van der Waals surface area contributed by atoms with Gasteiger partial charge in [-0.25, -0.2) is 0 Å². The van der Waals surface area contributed by atoms with Crippen LogP contribution in [0.1, 0.15) is 5.56 Å². The molecule has 0 heterocycles. The Morgan fingerprint density at radius 3 is 2.77 bits per heavy atom. The molecule has 0 aromatic heterocycles. The van der Waals surface area contributed by atoms with Gasteiger partial charge in [-0.05, 0) is 24.6 Å². The van der Waals surface area contributed by atoms with Gasteiger partial charge in [0.15, 0.2) is 11.5 Å². The molecule has 1 aromatic carbocycles. The number of aromatic hydroxyl groups is 1. The van der Waals surface area contributed by atoms with E-state index in [9.17, 15) is 5.11 Å². The number of ether oxygens (including phenoxy) is 1. The molecule has 3 N–H and O–H groups in total. The van der Waals surface area contributed by atoms with E-state index in [-0.39, 0.29) is 5.75 Å². The summed E-state index contributed by atoms with van der Waals surface area (Å²) >= 11 is 5.95. The van der Waals surface area contributed by atoms with Crippen molar-refractivity contribution in [1.29, 1.82) is 0 Å². The van der Waals surface area contributed by atoms with Crippen molar-refractivity contribution in [2.75, 3.05) is 13.7 Å². The molecular weight excluding hydrogens is 190 g/mol. The van der Waals surface area contributed by atoms with E-state index in [1.165, 1.54) is 7.11 Å². The van der Waals surface area contributed by atoms with Gasteiger partial charge in [-0.15, -0.1) is 0 Å². The third-order valence-electron chi connectivity index (χ3n) is 1.77. The number of rotatable bonds is 3. The minimum atomic E-state index is 0.0493. The van der Waals surface area contributed by atoms with Crippen molar-refractivity contribution in [3.8, 4) is 11.5 Å². The van der Waals surface area contributed by atoms with Crippen LogP contribution in [-0.4, -0.2) is 18.8 Å². The van der Waals surface area contributed by atoms with Gasteiger partial charge in [0, 0.05) is 0 Å². The zero-order valence-corrected chi connectivity index (χ0v) is 8.14. The van der Waals surface area contributed by atoms with Crippen LogP contribution in [0.15, 0.2) is 12.1 Å². The van der Waals surface area contributed by atoms with Crippen molar-refractivity contribution >= 4 is 11.6 Å². The number of hydrogen-bond acceptors (Lipinski definition) is 3. The highest BCUT2D eigenvalue weighted by Crippen LogP contribution is 2.36. The topological polar surface area (TPSA) is 55.5 Å². The maximum atomic E-state index is 9.34. The third-order valence-corrected chi connectivity index (χ3v) is 2.19. The Bertz CT molecular complexity index is 302. The van der Waals surface area contributed by atoms with Gasteiger partial charge >= 0.3 is 0 Å². The first-order valence-corrected chi connectivity index (χ1v) is 4.33. The van der Waals surface area contributed by atoms with Crippen molar-refractivity contribution in [2.45, 2.75) is 6.42 Å². The number of nitrogens with two attached hydrogens (primary N) is 1. The Morgan fingerprint density at radius 2 is 2.23 bits per heavy atom. The Labute approximate surface area is 82.1 Å². The van der Waals surface area contributed by atoms with Crippen molar-refractivity contribution in [3.63, 3.8) is 0 Å². The van der Waals surface area contributed by atoms with Gasteiger partial charge in [0.1, 0.15) is 0 Å². The summed E-state index contributed by atoms with van der Waals surface area (Å²) in [7, 11) is 1.47. The molecule has 0 amide bonds. The minimum absolute atomic E-state index is 0.0493. The molecule has 0 aliphatic heterocycles. The Balaban J connectivity index is 3.11. The van der Waals surface area contributed by atoms with Crippen LogP contribution in [0, 0.1) is 0 Å². The molecule has 0 saturated carbocycles. The summed E-state index contributed by atoms with van der Waals surface area (Å²) in [6, 6.07) is 3.29. The van der Waals surface area contributed by atoms with E-state index in [1.54, 1.807) is 12.1 Å². The molecule has 1 rings (SSSR count). The number of phenols is 1. The molecule has 0 aliphatic carbocycles. The van der Waals surface area contributed by atoms with E-state index < -0.39 is 0 Å². The summed E-state index contributed by atoms with van der Waals surface area (Å²) in [6.07, 6.45) is 0.676. The number of benzene rings is 1. The lowest BCUT2D eigenvalue weighted by atomic mass is 10.1. The first kappa shape index (κ1) is 10.2. The lowest BCUT2D eigenvalue weighted by molar-refractivity contribution is 0.373. The molecule has 13 heavy (non-hydrogen) atoms. The number of methoxy groups -OCH3 is 1. The maximum absolute atomic E-state index is 9.34. The van der Waals surface area contributed by atoms with Gasteiger partial charge in [-0.1, -0.05) is 17.7 Å². The molecular formula is C9H12ClNO2. The van der Waals surface area contributed by atoms with Gasteiger partial charge in [0.2, 0.25) is 0 Å². The zero-order valence-electron chi connectivity index (χ0n) is 7.38. The summed E-state index contributed by atoms with van der Waals surface area (Å²) in [5.41, 5.74) is 6.28. The van der Waals surface area contributed by atoms with E-state index in [0.717, 1.165) is 5.56 Å². The first-order chi connectivity index (χ1) is 6.20. The second-order valence-electron chi connectivity index (χ2n) is 2.63. The van der Waals surface area contributed by atoms with Crippen LogP contribution < -0.4 is 10.5 Å². The zero-order chi connectivity index (χ0) is 9.84. The lowest BCUT2D eigenvalue weighted by Gasteiger charge is -2.09. The first-order valence-electron chi connectivity index (χ1n) is 3.95. The van der Waals surface area contributed by atoms with Crippen LogP contribution in [0.3, 0.4) is 0 Å². The van der Waals surface area contributed by atoms with Crippen LogP contribution in [0.4, 0.5) is 0 Å². The molecule has 0 spiro atoms. The second-order valence-corrected chi connectivity index (χ2v) is 3.01. The highest BCUT2D eigenvalue weighted by atomic mass is 35.5. The largest absolute Gasteiger partial charge is 0.504 e. The fraction of sp³-hybridized carbons (Fsp3) is 0.333. The molecule has 0 fully saturated rings. The number of hydrogen-bond donors (Lipinski definition) is 2. The lowest BCUT2D eigenvalue weighted by Crippen LogP contribution is -2.03. The van der Waals surface area contributed by atoms with Crippen LogP contribution in [0.25, 0.3) is 0 Å². The summed E-state index contributed by atoms with van der Waals surface area (Å²) in [5, 5.41) is 9.78. The molecule has 0 unspecified atom stereocenters. The van der Waals surface area contributed by atoms with E-state index >= 15 is 0 Å². The van der Waals surface area contributed by atoms with Gasteiger partial charge in [-0.2, -0.15) is 0 Å². The van der Waals surface area contributed by atoms with Gasteiger partial charge in [-0.3, -0.25) is 0 Å². The van der Waals surface area contributed by atoms with E-state index in [1.807, 2.05) is 0 Å². The molecule has 3 nitrogen and oxygen atoms in total. The van der Waals surface area contributed by atoms with Crippen molar-refractivity contribution in [3.05, 3.63) is 22.7 Å². The van der Waals surface area contributed by atoms with E-state index in [4.69, 9.17) is 22.1 Å². The minimum Gasteiger partial charge on any atom is -0.504 e. The van der Waals surface area contributed by atoms with Crippen LogP contribution >= 0.6 is 11.6 Å². The molecule has 0 atom stereocenters. The highest BCUT2D eigenvalue weighted by Gasteiger charge is 2.10. The van der Waals surface area contributed by atoms with Crippen LogP contribution in [0.5, 0.6) is 11.5 Å². The quantitative estimate of drug-likeness (QED) is 0.781. The number of phenolic OH excluding ortho intramolecular Hbond substituents is 1. The smallest absolute Gasteiger partial charge is 0.179 e. The summed E-state index contributed by atoms with van der Waals surface area (Å²) in [6.45, 7) is 0.521. The summed E-state index contributed by atoms with van der Waals surface area (Å²) < 4.78 is 4.94.